The number of methoxy groups -OCH3 is 1. The predicted molar refractivity (Wildman–Crippen MR) is 189 cm³/mol. The molecule has 1 unspecified atom stereocenters. The van der Waals surface area contributed by atoms with E-state index in [0.29, 0.717) is 12.0 Å². The van der Waals surface area contributed by atoms with E-state index in [0.717, 1.165) is 6.92 Å². The molecule has 58 heavy (non-hydrogen) atoms. The van der Waals surface area contributed by atoms with Crippen molar-refractivity contribution in [2.75, 3.05) is 7.11 Å². The minimum Gasteiger partial charge on any atom is -0.472 e. The van der Waals surface area contributed by atoms with Gasteiger partial charge in [0.1, 0.15) is 29.5 Å². The van der Waals surface area contributed by atoms with Crippen LogP contribution in [0.3, 0.4) is 0 Å². The van der Waals surface area contributed by atoms with Crippen LogP contribution in [0.15, 0.2) is 23.0 Å². The zero-order chi connectivity index (χ0) is 42.2. The van der Waals surface area contributed by atoms with Crippen LogP contribution in [0.2, 0.25) is 0 Å². The van der Waals surface area contributed by atoms with Crippen molar-refractivity contribution in [2.24, 2.45) is 28.1 Å². The number of hydrogen-bond acceptors (Lipinski definition) is 17. The fraction of sp³-hybridized carbons (Fsp3) is 0.780. The Balaban J connectivity index is 1.40. The summed E-state index contributed by atoms with van der Waals surface area (Å²) >= 11 is 0. The maximum absolute atomic E-state index is 14.2. The first-order chi connectivity index (χ1) is 26.9. The first kappa shape index (κ1) is 39.8. The van der Waals surface area contributed by atoms with E-state index >= 15 is 0 Å². The molecule has 0 aromatic carbocycles. The molecule has 4 saturated heterocycles. The Morgan fingerprint density at radius 3 is 2.24 bits per heavy atom. The Morgan fingerprint density at radius 1 is 0.983 bits per heavy atom. The third-order valence-corrected chi connectivity index (χ3v) is 16.4. The van der Waals surface area contributed by atoms with Gasteiger partial charge >= 0.3 is 29.8 Å². The van der Waals surface area contributed by atoms with Crippen molar-refractivity contribution in [1.29, 1.82) is 0 Å². The van der Waals surface area contributed by atoms with Crippen molar-refractivity contribution < 1.29 is 81.2 Å². The molecular weight excluding hydrogens is 764 g/mol. The van der Waals surface area contributed by atoms with E-state index < -0.39 is 141 Å². The number of ether oxygens (including phenoxy) is 9. The summed E-state index contributed by atoms with van der Waals surface area (Å²) < 4.78 is 63.0. The molecule has 1 aromatic heterocycles. The molecular formula is C41H52O17. The van der Waals surface area contributed by atoms with Gasteiger partial charge < -0.3 is 57.3 Å². The first-order valence-electron chi connectivity index (χ1n) is 20.0. The quantitative estimate of drug-likeness (QED) is 0.208. The topological polar surface area (TPSA) is 225 Å². The normalized spacial score (nSPS) is 52.9. The van der Waals surface area contributed by atoms with E-state index in [1.807, 2.05) is 6.92 Å². The molecule has 4 saturated carbocycles. The number of esters is 5. The van der Waals surface area contributed by atoms with Crippen molar-refractivity contribution >= 4 is 29.8 Å². The largest absolute Gasteiger partial charge is 0.472 e. The summed E-state index contributed by atoms with van der Waals surface area (Å²) in [5.74, 6) is -7.76. The van der Waals surface area contributed by atoms with Crippen molar-refractivity contribution in [2.45, 2.75) is 165 Å². The second-order valence-corrected chi connectivity index (χ2v) is 19.0. The number of furan rings is 1. The molecule has 2 N–H and O–H groups in total. The van der Waals surface area contributed by atoms with E-state index in [2.05, 4.69) is 0 Å². The van der Waals surface area contributed by atoms with Crippen LogP contribution in [0.4, 0.5) is 0 Å². The maximum Gasteiger partial charge on any atom is 0.341 e. The number of hydrogen-bond donors (Lipinski definition) is 2. The summed E-state index contributed by atoms with van der Waals surface area (Å²) in [7, 11) is 1.21. The monoisotopic (exact) mass is 816 g/mol. The number of cyclic esters (lactones) is 1. The summed E-state index contributed by atoms with van der Waals surface area (Å²) in [5.41, 5.74) is -17.7. The molecule has 318 valence electrons. The van der Waals surface area contributed by atoms with Crippen molar-refractivity contribution in [3.8, 4) is 0 Å². The van der Waals surface area contributed by atoms with Gasteiger partial charge in [-0.05, 0) is 45.1 Å². The Bertz CT molecular complexity index is 2020. The highest BCUT2D eigenvalue weighted by Crippen LogP contribution is 2.89. The summed E-state index contributed by atoms with van der Waals surface area (Å²) in [6, 6.07) is 1.62. The van der Waals surface area contributed by atoms with Crippen LogP contribution in [0.25, 0.3) is 0 Å². The summed E-state index contributed by atoms with van der Waals surface area (Å²) in [4.78, 5) is 70.0. The van der Waals surface area contributed by atoms with Gasteiger partial charge in [-0.1, -0.05) is 34.6 Å². The van der Waals surface area contributed by atoms with Gasteiger partial charge in [-0.15, -0.1) is 0 Å². The van der Waals surface area contributed by atoms with E-state index in [9.17, 15) is 34.2 Å². The van der Waals surface area contributed by atoms with Crippen molar-refractivity contribution in [3.63, 3.8) is 0 Å². The minimum atomic E-state index is -2.78. The number of rotatable bonds is 9. The standard InChI is InChI=1S/C41H52O17/c1-11-19(2)28(45)52-24-15-33(6)27(22-12-13-50-17-22)53-26(44)16-38(33)41-30(51-21(4)42)39(48)29(54-31(46)34(7)20(3)55-34)32(5)18-37(39,47)35(8,23(32)14-25(43)49-10)40(24,41)57-36(9,56-38)58-41/h12-13,17,19-20,23-24,27,29-30,47-48H,11,14-16,18H2,1-10H3/t19-,20+,23+,24-,27+,29+,30-,32-,33+,34-,35-,36-,37-,38+,39?,40+,41+/m1/s1. The van der Waals surface area contributed by atoms with Crippen LogP contribution < -0.4 is 0 Å². The molecule has 17 heteroatoms. The first-order valence-corrected chi connectivity index (χ1v) is 20.0. The number of epoxide rings is 1. The Labute approximate surface area is 334 Å². The lowest BCUT2D eigenvalue weighted by Gasteiger charge is -2.79. The molecule has 1 aromatic rings. The number of aliphatic hydroxyl groups is 2. The van der Waals surface area contributed by atoms with Gasteiger partial charge in [0.15, 0.2) is 28.5 Å². The SMILES string of the molecule is CC[C@@H](C)C(=O)O[C@@H]1C[C@@]2(C)[C@H](c3ccoc3)OC(=O)C[C@]23O[C@@]2(C)O[C@@]34[C@H](OC(C)=O)C3(O)[C@@H](OC(=O)[C@]5(C)O[C@H]5C)[C@]5(C)C[C@@]3(O)[C@@](C)([C@H]5CC(=O)OC)[C@@]14O2. The second kappa shape index (κ2) is 11.4. The fourth-order valence-corrected chi connectivity index (χ4v) is 13.6. The predicted octanol–water partition coefficient (Wildman–Crippen LogP) is 2.71. The van der Waals surface area contributed by atoms with Crippen molar-refractivity contribution in [1.82, 2.24) is 0 Å². The van der Waals surface area contributed by atoms with Gasteiger partial charge in [-0.3, -0.25) is 19.2 Å². The van der Waals surface area contributed by atoms with E-state index in [1.54, 1.807) is 40.7 Å². The molecule has 8 fully saturated rings. The van der Waals surface area contributed by atoms with Crippen LogP contribution >= 0.6 is 0 Å². The molecule has 9 rings (SSSR count). The van der Waals surface area contributed by atoms with E-state index in [-0.39, 0.29) is 12.8 Å². The average Bonchev–Trinajstić information content (AvgIpc) is 3.60. The Hall–Kier alpha value is -3.61. The lowest BCUT2D eigenvalue weighted by Crippen LogP contribution is -2.99. The molecule has 8 aliphatic rings. The maximum atomic E-state index is 14.2. The summed E-state index contributed by atoms with van der Waals surface area (Å²) in [6.45, 7) is 14.3. The third kappa shape index (κ3) is 3.98. The summed E-state index contributed by atoms with van der Waals surface area (Å²) in [6.07, 6.45) is -5.16. The molecule has 4 aliphatic heterocycles. The van der Waals surface area contributed by atoms with E-state index in [4.69, 9.17) is 47.0 Å². The van der Waals surface area contributed by atoms with Crippen LogP contribution in [-0.2, 0) is 66.6 Å². The molecule has 4 aliphatic carbocycles. The number of fused-ring (bicyclic) bond motifs is 2. The van der Waals surface area contributed by atoms with Gasteiger partial charge in [0, 0.05) is 42.1 Å². The van der Waals surface area contributed by atoms with Gasteiger partial charge in [-0.25, -0.2) is 4.79 Å². The molecule has 2 spiro atoms. The van der Waals surface area contributed by atoms with Crippen molar-refractivity contribution in [3.05, 3.63) is 24.2 Å². The number of carbonyl (C=O) groups is 5. The summed E-state index contributed by atoms with van der Waals surface area (Å²) in [5, 5.41) is 27.8. The Kier molecular flexibility index (Phi) is 7.83. The fourth-order valence-electron chi connectivity index (χ4n) is 13.6. The van der Waals surface area contributed by atoms with Gasteiger partial charge in [0.25, 0.3) is 5.97 Å². The smallest absolute Gasteiger partial charge is 0.341 e. The highest BCUT2D eigenvalue weighted by atomic mass is 17.0. The molecule has 0 amide bonds. The highest BCUT2D eigenvalue weighted by Gasteiger charge is 3.07. The zero-order valence-corrected chi connectivity index (χ0v) is 34.3. The van der Waals surface area contributed by atoms with Gasteiger partial charge in [0.2, 0.25) is 0 Å². The molecule has 17 nitrogen and oxygen atoms in total. The molecule has 17 atom stereocenters. The lowest BCUT2D eigenvalue weighted by molar-refractivity contribution is -0.479. The molecule has 5 heterocycles. The third-order valence-electron chi connectivity index (χ3n) is 16.4. The zero-order valence-electron chi connectivity index (χ0n) is 34.3. The van der Waals surface area contributed by atoms with E-state index in [1.165, 1.54) is 33.5 Å². The van der Waals surface area contributed by atoms with Gasteiger partial charge in [-0.2, -0.15) is 0 Å². The number of carbonyl (C=O) groups excluding carboxylic acids is 5. The lowest BCUT2D eigenvalue weighted by atomic mass is 9.31. The molecule has 0 radical (unpaired) electrons. The van der Waals surface area contributed by atoms with Crippen LogP contribution in [0.5, 0.6) is 0 Å². The highest BCUT2D eigenvalue weighted by molar-refractivity contribution is 5.83. The molecule has 4 bridgehead atoms. The second-order valence-electron chi connectivity index (χ2n) is 19.0. The Morgan fingerprint density at radius 2 is 1.66 bits per heavy atom. The van der Waals surface area contributed by atoms with Gasteiger partial charge in [0.05, 0.1) is 38.1 Å². The minimum absolute atomic E-state index is 0.149. The van der Waals surface area contributed by atoms with Crippen LogP contribution in [-0.4, -0.2) is 111 Å². The van der Waals surface area contributed by atoms with Crippen LogP contribution in [0.1, 0.15) is 106 Å². The van der Waals surface area contributed by atoms with Crippen LogP contribution in [0, 0.1) is 28.1 Å². The average molecular weight is 817 g/mol.